The maximum Gasteiger partial charge on any atom is 0.175 e. The number of unbranched alkanes of at least 4 members (excludes halogenated alkanes) is 1. The van der Waals surface area contributed by atoms with Crippen LogP contribution in [0.15, 0.2) is 59.5 Å². The first kappa shape index (κ1) is 15.9. The Morgan fingerprint density at radius 3 is 2.48 bits per heavy atom. The minimum Gasteiger partial charge on any atom is -0.332 e. The molecule has 0 unspecified atom stereocenters. The first-order chi connectivity index (χ1) is 10.3. The summed E-state index contributed by atoms with van der Waals surface area (Å²) in [5.41, 5.74) is 2.05. The van der Waals surface area contributed by atoms with Gasteiger partial charge in [0.15, 0.2) is 5.11 Å². The molecular weight excluding hydrogens is 296 g/mol. The smallest absolute Gasteiger partial charge is 0.175 e. The molecule has 0 amide bonds. The fourth-order valence-corrected chi connectivity index (χ4v) is 3.16. The zero-order chi connectivity index (χ0) is 14.9. The van der Waals surface area contributed by atoms with E-state index in [1.165, 1.54) is 17.7 Å². The number of rotatable bonds is 6. The van der Waals surface area contributed by atoms with Gasteiger partial charge in [-0.3, -0.25) is 0 Å². The van der Waals surface area contributed by atoms with Crippen molar-refractivity contribution in [3.8, 4) is 0 Å². The summed E-state index contributed by atoms with van der Waals surface area (Å²) in [6.07, 6.45) is 2.45. The number of para-hydroxylation sites is 2. The second kappa shape index (κ2) is 8.70. The van der Waals surface area contributed by atoms with Gasteiger partial charge in [0.25, 0.3) is 0 Å². The van der Waals surface area contributed by atoms with E-state index in [9.17, 15) is 0 Å². The Kier molecular flexibility index (Phi) is 6.57. The van der Waals surface area contributed by atoms with E-state index < -0.39 is 0 Å². The first-order valence-corrected chi connectivity index (χ1v) is 8.54. The number of hydrogen-bond acceptors (Lipinski definition) is 2. The molecule has 110 valence electrons. The molecule has 0 spiro atoms. The number of benzene rings is 2. The van der Waals surface area contributed by atoms with Gasteiger partial charge in [-0.25, -0.2) is 0 Å². The molecule has 0 atom stereocenters. The molecule has 0 bridgehead atoms. The molecule has 0 radical (unpaired) electrons. The second-order valence-corrected chi connectivity index (χ2v) is 6.19. The Balaban J connectivity index is 1.97. The minimum atomic E-state index is 0.616. The molecule has 2 nitrogen and oxygen atoms in total. The third-order valence-electron chi connectivity index (χ3n) is 2.92. The monoisotopic (exact) mass is 316 g/mol. The van der Waals surface area contributed by atoms with Gasteiger partial charge in [-0.05, 0) is 48.7 Å². The highest BCUT2D eigenvalue weighted by Crippen LogP contribution is 2.27. The Morgan fingerprint density at radius 1 is 1.00 bits per heavy atom. The Morgan fingerprint density at radius 2 is 1.71 bits per heavy atom. The van der Waals surface area contributed by atoms with E-state index in [1.807, 2.05) is 48.2 Å². The molecule has 2 aromatic rings. The topological polar surface area (TPSA) is 24.1 Å². The van der Waals surface area contributed by atoms with Crippen LogP contribution in [0, 0.1) is 0 Å². The van der Waals surface area contributed by atoms with Gasteiger partial charge < -0.3 is 10.6 Å². The van der Waals surface area contributed by atoms with Gasteiger partial charge in [-0.15, -0.1) is 11.8 Å². The van der Waals surface area contributed by atoms with E-state index >= 15 is 0 Å². The van der Waals surface area contributed by atoms with E-state index in [0.717, 1.165) is 17.1 Å². The summed E-state index contributed by atoms with van der Waals surface area (Å²) in [5.74, 6) is 1.13. The van der Waals surface area contributed by atoms with Crippen LogP contribution in [0.25, 0.3) is 0 Å². The predicted molar refractivity (Wildman–Crippen MR) is 98.4 cm³/mol. The van der Waals surface area contributed by atoms with Crippen molar-refractivity contribution in [2.75, 3.05) is 16.4 Å². The van der Waals surface area contributed by atoms with Gasteiger partial charge >= 0.3 is 0 Å². The third-order valence-corrected chi connectivity index (χ3v) is 4.29. The largest absolute Gasteiger partial charge is 0.332 e. The number of nitrogens with one attached hydrogen (secondary N) is 2. The summed E-state index contributed by atoms with van der Waals surface area (Å²) < 4.78 is 0. The Bertz CT molecular complexity index is 570. The van der Waals surface area contributed by atoms with Crippen molar-refractivity contribution in [2.24, 2.45) is 0 Å². The summed E-state index contributed by atoms with van der Waals surface area (Å²) in [5, 5.41) is 7.10. The third kappa shape index (κ3) is 5.40. The second-order valence-electron chi connectivity index (χ2n) is 4.64. The van der Waals surface area contributed by atoms with Gasteiger partial charge in [0.2, 0.25) is 0 Å². The lowest BCUT2D eigenvalue weighted by molar-refractivity contribution is 0.896. The van der Waals surface area contributed by atoms with Crippen LogP contribution in [0.1, 0.15) is 19.8 Å². The number of hydrogen-bond donors (Lipinski definition) is 2. The molecule has 0 aliphatic rings. The highest BCUT2D eigenvalue weighted by Gasteiger charge is 2.04. The summed E-state index contributed by atoms with van der Waals surface area (Å²) in [6, 6.07) is 18.2. The maximum absolute atomic E-state index is 5.38. The molecule has 0 aromatic heterocycles. The Hall–Kier alpha value is -1.52. The number of thiocarbonyl (C=S) groups is 1. The number of thioether (sulfide) groups is 1. The van der Waals surface area contributed by atoms with E-state index in [-0.39, 0.29) is 0 Å². The van der Waals surface area contributed by atoms with Crippen molar-refractivity contribution in [1.29, 1.82) is 0 Å². The van der Waals surface area contributed by atoms with E-state index in [0.29, 0.717) is 5.11 Å². The molecule has 2 aromatic carbocycles. The SMILES string of the molecule is CCCCSc1ccccc1NC(=S)Nc1ccccc1. The van der Waals surface area contributed by atoms with Gasteiger partial charge in [0.1, 0.15) is 0 Å². The lowest BCUT2D eigenvalue weighted by atomic mass is 10.3. The minimum absolute atomic E-state index is 0.616. The highest BCUT2D eigenvalue weighted by molar-refractivity contribution is 7.99. The average molecular weight is 316 g/mol. The van der Waals surface area contributed by atoms with Gasteiger partial charge in [0, 0.05) is 10.6 Å². The van der Waals surface area contributed by atoms with Crippen LogP contribution >= 0.6 is 24.0 Å². The van der Waals surface area contributed by atoms with Crippen LogP contribution < -0.4 is 10.6 Å². The summed E-state index contributed by atoms with van der Waals surface area (Å²) in [7, 11) is 0. The van der Waals surface area contributed by atoms with Crippen LogP contribution in [0.3, 0.4) is 0 Å². The molecule has 2 rings (SSSR count). The van der Waals surface area contributed by atoms with Crippen molar-refractivity contribution in [2.45, 2.75) is 24.7 Å². The molecule has 0 aliphatic heterocycles. The van der Waals surface area contributed by atoms with E-state index in [4.69, 9.17) is 12.2 Å². The molecule has 21 heavy (non-hydrogen) atoms. The number of anilines is 2. The fourth-order valence-electron chi connectivity index (χ4n) is 1.83. The van der Waals surface area contributed by atoms with Gasteiger partial charge in [-0.1, -0.05) is 43.7 Å². The summed E-state index contributed by atoms with van der Waals surface area (Å²) >= 11 is 7.25. The van der Waals surface area contributed by atoms with Gasteiger partial charge in [-0.2, -0.15) is 0 Å². The zero-order valence-electron chi connectivity index (χ0n) is 12.1. The molecule has 0 fully saturated rings. The quantitative estimate of drug-likeness (QED) is 0.424. The Labute approximate surface area is 136 Å². The highest BCUT2D eigenvalue weighted by atomic mass is 32.2. The van der Waals surface area contributed by atoms with Crippen LogP contribution in [0.2, 0.25) is 0 Å². The van der Waals surface area contributed by atoms with Crippen molar-refractivity contribution in [1.82, 2.24) is 0 Å². The molecule has 0 aliphatic carbocycles. The molecule has 2 N–H and O–H groups in total. The van der Waals surface area contributed by atoms with Crippen LogP contribution in [-0.4, -0.2) is 10.9 Å². The molecule has 0 heterocycles. The molecule has 4 heteroatoms. The van der Waals surface area contributed by atoms with Crippen molar-refractivity contribution in [3.05, 3.63) is 54.6 Å². The van der Waals surface area contributed by atoms with Crippen LogP contribution in [-0.2, 0) is 0 Å². The van der Waals surface area contributed by atoms with E-state index in [2.05, 4.69) is 35.8 Å². The first-order valence-electron chi connectivity index (χ1n) is 7.14. The normalized spacial score (nSPS) is 10.1. The molecular formula is C17H20N2S2. The van der Waals surface area contributed by atoms with Crippen molar-refractivity contribution >= 4 is 40.5 Å². The molecule has 0 saturated carbocycles. The van der Waals surface area contributed by atoms with Crippen molar-refractivity contribution in [3.63, 3.8) is 0 Å². The maximum atomic E-state index is 5.38. The lowest BCUT2D eigenvalue weighted by Crippen LogP contribution is -2.19. The van der Waals surface area contributed by atoms with Crippen LogP contribution in [0.5, 0.6) is 0 Å². The van der Waals surface area contributed by atoms with E-state index in [1.54, 1.807) is 0 Å². The fraction of sp³-hybridized carbons (Fsp3) is 0.235. The zero-order valence-corrected chi connectivity index (χ0v) is 13.8. The van der Waals surface area contributed by atoms with Crippen LogP contribution in [0.4, 0.5) is 11.4 Å². The lowest BCUT2D eigenvalue weighted by Gasteiger charge is -2.13. The average Bonchev–Trinajstić information content (AvgIpc) is 2.50. The predicted octanol–water partition coefficient (Wildman–Crippen LogP) is 5.39. The molecule has 0 saturated heterocycles. The van der Waals surface area contributed by atoms with Crippen molar-refractivity contribution < 1.29 is 0 Å². The summed E-state index contributed by atoms with van der Waals surface area (Å²) in [4.78, 5) is 1.24. The summed E-state index contributed by atoms with van der Waals surface area (Å²) in [6.45, 7) is 2.21. The van der Waals surface area contributed by atoms with Gasteiger partial charge in [0.05, 0.1) is 5.69 Å². The standard InChI is InChI=1S/C17H20N2S2/c1-2-3-13-21-16-12-8-7-11-15(16)19-17(20)18-14-9-5-4-6-10-14/h4-12H,2-3,13H2,1H3,(H2,18,19,20).